The summed E-state index contributed by atoms with van der Waals surface area (Å²) in [7, 11) is 0. The van der Waals surface area contributed by atoms with Gasteiger partial charge in [0.2, 0.25) is 11.8 Å². The highest BCUT2D eigenvalue weighted by molar-refractivity contribution is 9.10. The topological polar surface area (TPSA) is 49.4 Å². The van der Waals surface area contributed by atoms with Gasteiger partial charge in [-0.05, 0) is 36.8 Å². The Kier molecular flexibility index (Phi) is 4.24. The molecule has 2 aromatic carbocycles. The summed E-state index contributed by atoms with van der Waals surface area (Å²) in [4.78, 5) is 26.3. The normalized spacial score (nSPS) is 17.6. The second kappa shape index (κ2) is 6.32. The summed E-state index contributed by atoms with van der Waals surface area (Å²) < 4.78 is 0.896. The average Bonchev–Trinajstić information content (AvgIpc) is 2.90. The van der Waals surface area contributed by atoms with Gasteiger partial charge in [0.25, 0.3) is 0 Å². The van der Waals surface area contributed by atoms with Crippen LogP contribution in [0.3, 0.4) is 0 Å². The van der Waals surface area contributed by atoms with E-state index in [9.17, 15) is 9.59 Å². The number of anilines is 2. The fraction of sp³-hybridized carbons (Fsp3) is 0.176. The molecule has 1 atom stereocenters. The third-order valence-corrected chi connectivity index (χ3v) is 4.13. The maximum absolute atomic E-state index is 12.5. The largest absolute Gasteiger partial charge is 0.324 e. The molecule has 0 bridgehead atoms. The summed E-state index contributed by atoms with van der Waals surface area (Å²) >= 11 is 3.38. The van der Waals surface area contributed by atoms with Gasteiger partial charge in [-0.25, -0.2) is 0 Å². The third kappa shape index (κ3) is 3.04. The van der Waals surface area contributed by atoms with Crippen LogP contribution in [0.25, 0.3) is 0 Å². The molecule has 2 amide bonds. The third-order valence-electron chi connectivity index (χ3n) is 3.64. The minimum absolute atomic E-state index is 0.0133. The summed E-state index contributed by atoms with van der Waals surface area (Å²) in [5.41, 5.74) is 1.48. The van der Waals surface area contributed by atoms with Gasteiger partial charge in [-0.15, -0.1) is 0 Å². The molecular weight excluding hydrogens is 344 g/mol. The highest BCUT2D eigenvalue weighted by atomic mass is 79.9. The number of hydrogen-bond donors (Lipinski definition) is 1. The van der Waals surface area contributed by atoms with E-state index < -0.39 is 6.04 Å². The predicted molar refractivity (Wildman–Crippen MR) is 89.7 cm³/mol. The molecule has 5 heteroatoms. The van der Waals surface area contributed by atoms with Crippen LogP contribution in [0.15, 0.2) is 59.1 Å². The zero-order chi connectivity index (χ0) is 15.5. The Hall–Kier alpha value is -2.14. The summed E-state index contributed by atoms with van der Waals surface area (Å²) in [5, 5.41) is 2.88. The van der Waals surface area contributed by atoms with Crippen LogP contribution in [0.1, 0.15) is 12.8 Å². The molecular formula is C17H15BrN2O2. The van der Waals surface area contributed by atoms with Crippen molar-refractivity contribution in [3.63, 3.8) is 0 Å². The van der Waals surface area contributed by atoms with E-state index in [4.69, 9.17) is 0 Å². The molecule has 1 fully saturated rings. The van der Waals surface area contributed by atoms with E-state index in [1.165, 1.54) is 0 Å². The first-order valence-corrected chi connectivity index (χ1v) is 7.88. The number of benzene rings is 2. The Morgan fingerprint density at radius 3 is 2.64 bits per heavy atom. The Balaban J connectivity index is 1.81. The number of carbonyl (C=O) groups is 2. The van der Waals surface area contributed by atoms with Gasteiger partial charge in [0.1, 0.15) is 6.04 Å². The summed E-state index contributed by atoms with van der Waals surface area (Å²) in [5.74, 6) is -0.173. The molecule has 1 unspecified atom stereocenters. The monoisotopic (exact) mass is 358 g/mol. The highest BCUT2D eigenvalue weighted by Crippen LogP contribution is 2.27. The zero-order valence-electron chi connectivity index (χ0n) is 11.8. The molecule has 0 aliphatic carbocycles. The molecule has 0 radical (unpaired) electrons. The van der Waals surface area contributed by atoms with E-state index in [0.29, 0.717) is 18.5 Å². The first-order valence-electron chi connectivity index (χ1n) is 7.09. The van der Waals surface area contributed by atoms with Gasteiger partial charge in [0.15, 0.2) is 0 Å². The Bertz CT molecular complexity index is 703. The number of nitrogens with one attached hydrogen (secondary N) is 1. The number of rotatable bonds is 3. The van der Waals surface area contributed by atoms with Crippen molar-refractivity contribution in [2.75, 3.05) is 10.2 Å². The summed E-state index contributed by atoms with van der Waals surface area (Å²) in [6.07, 6.45) is 0.930. The number of amides is 2. The second-order valence-electron chi connectivity index (χ2n) is 5.15. The summed E-state index contributed by atoms with van der Waals surface area (Å²) in [6, 6.07) is 16.3. The maximum atomic E-state index is 12.5. The molecule has 4 nitrogen and oxygen atoms in total. The number of nitrogens with zero attached hydrogens (tertiary/aromatic N) is 1. The second-order valence-corrected chi connectivity index (χ2v) is 6.07. The summed E-state index contributed by atoms with van der Waals surface area (Å²) in [6.45, 7) is 0. The van der Waals surface area contributed by atoms with Gasteiger partial charge in [-0.3, -0.25) is 14.5 Å². The molecule has 3 rings (SSSR count). The molecule has 1 saturated heterocycles. The van der Waals surface area contributed by atoms with Crippen LogP contribution in [0.2, 0.25) is 0 Å². The highest BCUT2D eigenvalue weighted by Gasteiger charge is 2.36. The lowest BCUT2D eigenvalue weighted by molar-refractivity contribution is -0.120. The standard InChI is InChI=1S/C17H15BrN2O2/c18-12-5-4-6-13(11-12)19-17(22)15-9-10-16(21)20(15)14-7-2-1-3-8-14/h1-8,11,15H,9-10H2,(H,19,22). The van der Waals surface area contributed by atoms with Crippen LogP contribution in [0, 0.1) is 0 Å². The Morgan fingerprint density at radius 1 is 1.14 bits per heavy atom. The fourth-order valence-corrected chi connectivity index (χ4v) is 3.04. The van der Waals surface area contributed by atoms with Crippen LogP contribution < -0.4 is 10.2 Å². The molecule has 0 spiro atoms. The molecule has 0 aromatic heterocycles. The van der Waals surface area contributed by atoms with Crippen LogP contribution >= 0.6 is 15.9 Å². The first kappa shape index (κ1) is 14.8. The Labute approximate surface area is 137 Å². The number of carbonyl (C=O) groups excluding carboxylic acids is 2. The van der Waals surface area contributed by atoms with E-state index in [1.54, 1.807) is 4.90 Å². The minimum Gasteiger partial charge on any atom is -0.324 e. The first-order chi connectivity index (χ1) is 10.6. The quantitative estimate of drug-likeness (QED) is 0.911. The lowest BCUT2D eigenvalue weighted by Gasteiger charge is -2.24. The van der Waals surface area contributed by atoms with Crippen molar-refractivity contribution in [2.45, 2.75) is 18.9 Å². The molecule has 0 saturated carbocycles. The Morgan fingerprint density at radius 2 is 1.91 bits per heavy atom. The van der Waals surface area contributed by atoms with Crippen molar-refractivity contribution in [3.8, 4) is 0 Å². The van der Waals surface area contributed by atoms with Crippen LogP contribution in [0.5, 0.6) is 0 Å². The van der Waals surface area contributed by atoms with Crippen LogP contribution in [-0.4, -0.2) is 17.9 Å². The van der Waals surface area contributed by atoms with Crippen molar-refractivity contribution in [1.82, 2.24) is 0 Å². The van der Waals surface area contributed by atoms with Crippen molar-refractivity contribution >= 4 is 39.1 Å². The molecule has 1 aliphatic heterocycles. The SMILES string of the molecule is O=C(Nc1cccc(Br)c1)C1CCC(=O)N1c1ccccc1. The lowest BCUT2D eigenvalue weighted by atomic mass is 10.2. The van der Waals surface area contributed by atoms with E-state index in [-0.39, 0.29) is 11.8 Å². The average molecular weight is 359 g/mol. The van der Waals surface area contributed by atoms with E-state index in [1.807, 2.05) is 54.6 Å². The van der Waals surface area contributed by atoms with Crippen molar-refractivity contribution in [2.24, 2.45) is 0 Å². The molecule has 1 heterocycles. The minimum atomic E-state index is -0.464. The van der Waals surface area contributed by atoms with Crippen LogP contribution in [0.4, 0.5) is 11.4 Å². The molecule has 22 heavy (non-hydrogen) atoms. The van der Waals surface area contributed by atoms with Crippen molar-refractivity contribution < 1.29 is 9.59 Å². The number of para-hydroxylation sites is 1. The van der Waals surface area contributed by atoms with Gasteiger partial charge in [-0.1, -0.05) is 40.2 Å². The predicted octanol–water partition coefficient (Wildman–Crippen LogP) is 3.58. The maximum Gasteiger partial charge on any atom is 0.247 e. The lowest BCUT2D eigenvalue weighted by Crippen LogP contribution is -2.41. The van der Waals surface area contributed by atoms with Gasteiger partial charge in [0.05, 0.1) is 0 Å². The van der Waals surface area contributed by atoms with Gasteiger partial charge < -0.3 is 5.32 Å². The molecule has 112 valence electrons. The van der Waals surface area contributed by atoms with Gasteiger partial charge >= 0.3 is 0 Å². The molecule has 1 aliphatic rings. The van der Waals surface area contributed by atoms with E-state index in [0.717, 1.165) is 10.2 Å². The number of halogens is 1. The number of hydrogen-bond acceptors (Lipinski definition) is 2. The fourth-order valence-electron chi connectivity index (χ4n) is 2.64. The molecule has 2 aromatic rings. The zero-order valence-corrected chi connectivity index (χ0v) is 13.4. The van der Waals surface area contributed by atoms with Crippen molar-refractivity contribution in [1.29, 1.82) is 0 Å². The van der Waals surface area contributed by atoms with Gasteiger partial charge in [-0.2, -0.15) is 0 Å². The van der Waals surface area contributed by atoms with Crippen LogP contribution in [-0.2, 0) is 9.59 Å². The van der Waals surface area contributed by atoms with Gasteiger partial charge in [0, 0.05) is 22.3 Å². The van der Waals surface area contributed by atoms with E-state index in [2.05, 4.69) is 21.2 Å². The van der Waals surface area contributed by atoms with E-state index >= 15 is 0 Å². The smallest absolute Gasteiger partial charge is 0.247 e. The van der Waals surface area contributed by atoms with Crippen molar-refractivity contribution in [3.05, 3.63) is 59.1 Å². The molecule has 1 N–H and O–H groups in total.